The number of thioether (sulfide) groups is 1. The Bertz CT molecular complexity index is 648. The van der Waals surface area contributed by atoms with Crippen molar-refractivity contribution in [3.63, 3.8) is 0 Å². The second-order valence-corrected chi connectivity index (χ2v) is 7.44. The van der Waals surface area contributed by atoms with Crippen LogP contribution in [0.1, 0.15) is 56.3 Å². The first-order valence-corrected chi connectivity index (χ1v) is 9.63. The first kappa shape index (κ1) is 16.6. The minimum absolute atomic E-state index is 0.0448. The first-order chi connectivity index (χ1) is 11.1. The van der Waals surface area contributed by atoms with Crippen molar-refractivity contribution in [2.45, 2.75) is 63.6 Å². The molecule has 23 heavy (non-hydrogen) atoms. The van der Waals surface area contributed by atoms with Gasteiger partial charge in [0.05, 0.1) is 6.04 Å². The molecule has 0 radical (unpaired) electrons. The Morgan fingerprint density at radius 1 is 1.26 bits per heavy atom. The molecule has 0 aliphatic carbocycles. The Morgan fingerprint density at radius 3 is 2.61 bits per heavy atom. The van der Waals surface area contributed by atoms with Gasteiger partial charge in [0, 0.05) is 36.5 Å². The summed E-state index contributed by atoms with van der Waals surface area (Å²) in [5.74, 6) is 0.963. The Balaban J connectivity index is 1.79. The SMILES string of the molecule is CCc1c(C)nc2n(c1=O)C(CC(=O)N1CCCCCC1)CS2. The third kappa shape index (κ3) is 3.32. The van der Waals surface area contributed by atoms with Crippen LogP contribution in [0.2, 0.25) is 0 Å². The molecule has 1 atom stereocenters. The predicted molar refractivity (Wildman–Crippen MR) is 92.0 cm³/mol. The van der Waals surface area contributed by atoms with Crippen molar-refractivity contribution in [2.75, 3.05) is 18.8 Å². The zero-order chi connectivity index (χ0) is 16.4. The van der Waals surface area contributed by atoms with Crippen LogP contribution in [0.3, 0.4) is 0 Å². The van der Waals surface area contributed by atoms with E-state index in [0.29, 0.717) is 12.8 Å². The molecule has 3 heterocycles. The van der Waals surface area contributed by atoms with E-state index >= 15 is 0 Å². The number of amides is 1. The summed E-state index contributed by atoms with van der Waals surface area (Å²) >= 11 is 1.60. The number of aromatic nitrogens is 2. The van der Waals surface area contributed by atoms with Gasteiger partial charge in [0.2, 0.25) is 5.91 Å². The van der Waals surface area contributed by atoms with E-state index in [0.717, 1.165) is 48.1 Å². The highest BCUT2D eigenvalue weighted by Crippen LogP contribution is 2.33. The number of fused-ring (bicyclic) bond motifs is 1. The van der Waals surface area contributed by atoms with Gasteiger partial charge in [-0.05, 0) is 26.2 Å². The lowest BCUT2D eigenvalue weighted by Gasteiger charge is -2.23. The number of rotatable bonds is 3. The second kappa shape index (κ2) is 7.07. The largest absolute Gasteiger partial charge is 0.343 e. The minimum Gasteiger partial charge on any atom is -0.343 e. The van der Waals surface area contributed by atoms with Crippen molar-refractivity contribution >= 4 is 17.7 Å². The summed E-state index contributed by atoms with van der Waals surface area (Å²) in [6.45, 7) is 5.62. The first-order valence-electron chi connectivity index (χ1n) is 8.64. The highest BCUT2D eigenvalue weighted by molar-refractivity contribution is 7.99. The number of nitrogens with zero attached hydrogens (tertiary/aromatic N) is 3. The lowest BCUT2D eigenvalue weighted by atomic mass is 10.1. The normalized spacial score (nSPS) is 21.1. The van der Waals surface area contributed by atoms with Crippen LogP contribution in [-0.4, -0.2) is 39.2 Å². The van der Waals surface area contributed by atoms with Gasteiger partial charge in [-0.2, -0.15) is 0 Å². The van der Waals surface area contributed by atoms with E-state index in [-0.39, 0.29) is 17.5 Å². The zero-order valence-electron chi connectivity index (χ0n) is 14.0. The molecule has 5 nitrogen and oxygen atoms in total. The van der Waals surface area contributed by atoms with Gasteiger partial charge in [-0.15, -0.1) is 0 Å². The fourth-order valence-electron chi connectivity index (χ4n) is 3.53. The topological polar surface area (TPSA) is 55.2 Å². The number of hydrogen-bond donors (Lipinski definition) is 0. The van der Waals surface area contributed by atoms with Gasteiger partial charge in [0.1, 0.15) is 0 Å². The highest BCUT2D eigenvalue weighted by atomic mass is 32.2. The molecule has 0 bridgehead atoms. The average Bonchev–Trinajstić information content (AvgIpc) is 2.75. The molecule has 1 saturated heterocycles. The number of hydrogen-bond acceptors (Lipinski definition) is 4. The smallest absolute Gasteiger partial charge is 0.257 e. The fourth-order valence-corrected chi connectivity index (χ4v) is 4.71. The summed E-state index contributed by atoms with van der Waals surface area (Å²) in [5, 5.41) is 0.776. The van der Waals surface area contributed by atoms with E-state index in [1.54, 1.807) is 16.3 Å². The monoisotopic (exact) mass is 335 g/mol. The Hall–Kier alpha value is -1.30. The molecule has 0 spiro atoms. The van der Waals surface area contributed by atoms with Crippen LogP contribution in [0.4, 0.5) is 0 Å². The zero-order valence-corrected chi connectivity index (χ0v) is 14.8. The summed E-state index contributed by atoms with van der Waals surface area (Å²) in [4.78, 5) is 31.9. The maximum atomic E-state index is 12.7. The molecule has 3 rings (SSSR count). The summed E-state index contributed by atoms with van der Waals surface area (Å²) < 4.78 is 1.77. The Kier molecular flexibility index (Phi) is 5.09. The molecule has 2 aliphatic rings. The average molecular weight is 335 g/mol. The van der Waals surface area contributed by atoms with Crippen molar-refractivity contribution in [3.8, 4) is 0 Å². The van der Waals surface area contributed by atoms with Gasteiger partial charge >= 0.3 is 0 Å². The molecule has 1 unspecified atom stereocenters. The van der Waals surface area contributed by atoms with E-state index in [4.69, 9.17) is 0 Å². The molecule has 1 aromatic rings. The van der Waals surface area contributed by atoms with Crippen LogP contribution in [0.5, 0.6) is 0 Å². The molecule has 1 amide bonds. The molecule has 126 valence electrons. The van der Waals surface area contributed by atoms with Gasteiger partial charge < -0.3 is 4.90 Å². The molecule has 0 aromatic carbocycles. The van der Waals surface area contributed by atoms with Crippen molar-refractivity contribution in [1.82, 2.24) is 14.5 Å². The number of likely N-dealkylation sites (tertiary alicyclic amines) is 1. The lowest BCUT2D eigenvalue weighted by Crippen LogP contribution is -2.36. The van der Waals surface area contributed by atoms with Gasteiger partial charge in [-0.25, -0.2) is 4.98 Å². The van der Waals surface area contributed by atoms with Crippen LogP contribution >= 0.6 is 11.8 Å². The summed E-state index contributed by atoms with van der Waals surface area (Å²) in [5.41, 5.74) is 1.66. The highest BCUT2D eigenvalue weighted by Gasteiger charge is 2.30. The van der Waals surface area contributed by atoms with Gasteiger partial charge in [0.15, 0.2) is 5.16 Å². The van der Waals surface area contributed by atoms with Crippen LogP contribution < -0.4 is 5.56 Å². The molecule has 2 aliphatic heterocycles. The van der Waals surface area contributed by atoms with E-state index in [2.05, 4.69) is 4.98 Å². The van der Waals surface area contributed by atoms with Gasteiger partial charge in [-0.3, -0.25) is 14.2 Å². The maximum Gasteiger partial charge on any atom is 0.257 e. The quantitative estimate of drug-likeness (QED) is 0.797. The molecule has 0 saturated carbocycles. The summed E-state index contributed by atoms with van der Waals surface area (Å²) in [6.07, 6.45) is 5.75. The third-order valence-electron chi connectivity index (χ3n) is 4.88. The van der Waals surface area contributed by atoms with Crippen molar-refractivity contribution in [1.29, 1.82) is 0 Å². The summed E-state index contributed by atoms with van der Waals surface area (Å²) in [6, 6.07) is -0.0448. The van der Waals surface area contributed by atoms with Crippen molar-refractivity contribution in [3.05, 3.63) is 21.6 Å². The van der Waals surface area contributed by atoms with Crippen LogP contribution in [0.25, 0.3) is 0 Å². The Labute approximate surface area is 141 Å². The molecular weight excluding hydrogens is 310 g/mol. The second-order valence-electron chi connectivity index (χ2n) is 6.45. The van der Waals surface area contributed by atoms with Crippen LogP contribution in [-0.2, 0) is 11.2 Å². The Morgan fingerprint density at radius 2 is 1.96 bits per heavy atom. The van der Waals surface area contributed by atoms with Crippen molar-refractivity contribution in [2.24, 2.45) is 0 Å². The molecule has 6 heteroatoms. The van der Waals surface area contributed by atoms with Crippen molar-refractivity contribution < 1.29 is 4.79 Å². The maximum absolute atomic E-state index is 12.7. The molecule has 0 N–H and O–H groups in total. The third-order valence-corrected chi connectivity index (χ3v) is 5.97. The number of carbonyl (C=O) groups is 1. The standard InChI is InChI=1S/C17H25N3O2S/c1-3-14-12(2)18-17-20(16(14)22)13(11-23-17)10-15(21)19-8-6-4-5-7-9-19/h13H,3-11H2,1-2H3. The number of aryl methyl sites for hydroxylation is 1. The minimum atomic E-state index is -0.0448. The van der Waals surface area contributed by atoms with Crippen LogP contribution in [0.15, 0.2) is 9.95 Å². The van der Waals surface area contributed by atoms with E-state index in [1.165, 1.54) is 12.8 Å². The van der Waals surface area contributed by atoms with E-state index in [9.17, 15) is 9.59 Å². The molecule has 1 fully saturated rings. The van der Waals surface area contributed by atoms with Gasteiger partial charge in [-0.1, -0.05) is 31.5 Å². The fraction of sp³-hybridized carbons (Fsp3) is 0.706. The number of carbonyl (C=O) groups excluding carboxylic acids is 1. The summed E-state index contributed by atoms with van der Waals surface area (Å²) in [7, 11) is 0. The van der Waals surface area contributed by atoms with Gasteiger partial charge in [0.25, 0.3) is 5.56 Å². The van der Waals surface area contributed by atoms with Crippen LogP contribution in [0, 0.1) is 6.92 Å². The van der Waals surface area contributed by atoms with E-state index in [1.807, 2.05) is 18.7 Å². The molecular formula is C17H25N3O2S. The molecule has 1 aromatic heterocycles. The lowest BCUT2D eigenvalue weighted by molar-refractivity contribution is -0.131. The van der Waals surface area contributed by atoms with E-state index < -0.39 is 0 Å². The predicted octanol–water partition coefficient (Wildman–Crippen LogP) is 2.55.